The Morgan fingerprint density at radius 1 is 1.50 bits per heavy atom. The summed E-state index contributed by atoms with van der Waals surface area (Å²) in [5.41, 5.74) is 3.72. The maximum absolute atomic E-state index is 4.33. The lowest BCUT2D eigenvalue weighted by molar-refractivity contribution is 0.901. The number of hydrogen-bond donors (Lipinski definition) is 0. The number of fused-ring (bicyclic) bond motifs is 1. The van der Waals surface area contributed by atoms with Gasteiger partial charge < -0.3 is 4.57 Å². The average Bonchev–Trinajstić information content (AvgIpc) is 2.46. The summed E-state index contributed by atoms with van der Waals surface area (Å²) in [6.07, 6.45) is 7.13. The topological polar surface area (TPSA) is 17.8 Å². The Hall–Kier alpha value is -1.31. The molecule has 0 saturated heterocycles. The summed E-state index contributed by atoms with van der Waals surface area (Å²) in [7, 11) is 2.01. The van der Waals surface area contributed by atoms with Gasteiger partial charge in [-0.25, -0.2) is 0 Å². The smallest absolute Gasteiger partial charge is 0.0867 e. The minimum Gasteiger partial charge on any atom is -0.355 e. The van der Waals surface area contributed by atoms with E-state index in [1.165, 1.54) is 11.1 Å². The quantitative estimate of drug-likeness (QED) is 0.624. The zero-order valence-electron chi connectivity index (χ0n) is 7.41. The highest BCUT2D eigenvalue weighted by atomic mass is 14.9. The highest BCUT2D eigenvalue weighted by Crippen LogP contribution is 2.24. The zero-order valence-corrected chi connectivity index (χ0v) is 7.41. The van der Waals surface area contributed by atoms with Crippen LogP contribution in [-0.4, -0.2) is 9.55 Å². The molecule has 12 heavy (non-hydrogen) atoms. The summed E-state index contributed by atoms with van der Waals surface area (Å²) < 4.78 is 2.02. The first-order chi connectivity index (χ1) is 5.81. The van der Waals surface area contributed by atoms with Gasteiger partial charge in [0.25, 0.3) is 0 Å². The zero-order chi connectivity index (χ0) is 8.55. The monoisotopic (exact) mass is 160 g/mol. The van der Waals surface area contributed by atoms with E-state index in [1.54, 1.807) is 0 Å². The molecule has 0 atom stereocenters. The maximum Gasteiger partial charge on any atom is 0.0867 e. The molecular formula is C10H12N2. The van der Waals surface area contributed by atoms with Crippen LogP contribution in [0.2, 0.25) is 0 Å². The number of aromatic nitrogens is 2. The minimum atomic E-state index is 1.06. The van der Waals surface area contributed by atoms with Crippen LogP contribution >= 0.6 is 0 Å². The molecule has 0 unspecified atom stereocenters. The van der Waals surface area contributed by atoms with Gasteiger partial charge in [0.2, 0.25) is 0 Å². The molecule has 62 valence electrons. The van der Waals surface area contributed by atoms with E-state index in [2.05, 4.69) is 30.4 Å². The van der Waals surface area contributed by atoms with Gasteiger partial charge in [-0.05, 0) is 18.1 Å². The molecule has 0 amide bonds. The van der Waals surface area contributed by atoms with E-state index >= 15 is 0 Å². The first-order valence-electron chi connectivity index (χ1n) is 4.21. The van der Waals surface area contributed by atoms with E-state index in [-0.39, 0.29) is 0 Å². The highest BCUT2D eigenvalue weighted by molar-refractivity contribution is 5.64. The fraction of sp³-hybridized carbons (Fsp3) is 0.300. The summed E-state index contributed by atoms with van der Waals surface area (Å²) in [6.45, 7) is 2.16. The lowest BCUT2D eigenvalue weighted by Gasteiger charge is -2.02. The molecule has 2 rings (SSSR count). The Morgan fingerprint density at radius 2 is 2.33 bits per heavy atom. The van der Waals surface area contributed by atoms with Crippen molar-refractivity contribution >= 4 is 0 Å². The molecule has 0 aliphatic carbocycles. The lowest BCUT2D eigenvalue weighted by Crippen LogP contribution is -1.91. The predicted octanol–water partition coefficient (Wildman–Crippen LogP) is 2.09. The molecule has 0 radical (unpaired) electrons. The van der Waals surface area contributed by atoms with Crippen molar-refractivity contribution in [1.29, 1.82) is 0 Å². The summed E-state index contributed by atoms with van der Waals surface area (Å²) >= 11 is 0. The van der Waals surface area contributed by atoms with E-state index in [0.717, 1.165) is 12.1 Å². The molecule has 0 spiro atoms. The predicted molar refractivity (Wildman–Crippen MR) is 49.2 cm³/mol. The molecule has 0 N–H and O–H groups in total. The number of aryl methyl sites for hydroxylation is 2. The second-order valence-corrected chi connectivity index (χ2v) is 3.05. The Kier molecular flexibility index (Phi) is 1.61. The van der Waals surface area contributed by atoms with Crippen molar-refractivity contribution in [3.63, 3.8) is 0 Å². The van der Waals surface area contributed by atoms with E-state index in [4.69, 9.17) is 0 Å². The largest absolute Gasteiger partial charge is 0.355 e. The fourth-order valence-corrected chi connectivity index (χ4v) is 1.46. The van der Waals surface area contributed by atoms with Gasteiger partial charge in [-0.1, -0.05) is 6.92 Å². The lowest BCUT2D eigenvalue weighted by atomic mass is 10.1. The number of pyridine rings is 1. The molecular weight excluding hydrogens is 148 g/mol. The summed E-state index contributed by atoms with van der Waals surface area (Å²) in [4.78, 5) is 4.33. The Morgan fingerprint density at radius 3 is 3.08 bits per heavy atom. The van der Waals surface area contributed by atoms with Crippen molar-refractivity contribution in [1.82, 2.24) is 9.55 Å². The van der Waals surface area contributed by atoms with E-state index < -0.39 is 0 Å². The van der Waals surface area contributed by atoms with Crippen LogP contribution in [0.4, 0.5) is 0 Å². The molecule has 2 aliphatic rings. The van der Waals surface area contributed by atoms with Crippen molar-refractivity contribution in [2.45, 2.75) is 13.3 Å². The van der Waals surface area contributed by atoms with Gasteiger partial charge in [0.15, 0.2) is 0 Å². The standard InChI is InChI=1S/C10H12N2/c1-3-8-6-11-10-7-12(2)5-4-9(8)10/h4-7H,3H2,1-2H3. The molecule has 2 heterocycles. The molecule has 2 nitrogen and oxygen atoms in total. The second-order valence-electron chi connectivity index (χ2n) is 3.05. The Bertz CT molecular complexity index is 362. The third kappa shape index (κ3) is 0.998. The molecule has 2 heteroatoms. The van der Waals surface area contributed by atoms with Gasteiger partial charge in [-0.15, -0.1) is 0 Å². The SMILES string of the molecule is CCc1cnc2cn(C)ccc1-2. The van der Waals surface area contributed by atoms with Crippen molar-refractivity contribution in [3.05, 3.63) is 30.2 Å². The van der Waals surface area contributed by atoms with Crippen molar-refractivity contribution < 1.29 is 0 Å². The molecule has 0 fully saturated rings. The van der Waals surface area contributed by atoms with Crippen molar-refractivity contribution in [3.8, 4) is 11.3 Å². The number of rotatable bonds is 1. The Balaban J connectivity index is 2.63. The van der Waals surface area contributed by atoms with Crippen LogP contribution in [0.15, 0.2) is 24.7 Å². The van der Waals surface area contributed by atoms with Crippen LogP contribution in [0.5, 0.6) is 0 Å². The van der Waals surface area contributed by atoms with Gasteiger partial charge in [-0.3, -0.25) is 4.98 Å². The van der Waals surface area contributed by atoms with Crippen LogP contribution in [0, 0.1) is 0 Å². The van der Waals surface area contributed by atoms with E-state index in [9.17, 15) is 0 Å². The van der Waals surface area contributed by atoms with Crippen LogP contribution in [-0.2, 0) is 13.5 Å². The van der Waals surface area contributed by atoms with Crippen molar-refractivity contribution in [2.24, 2.45) is 7.05 Å². The summed E-state index contributed by atoms with van der Waals surface area (Å²) in [6, 6.07) is 2.13. The summed E-state index contributed by atoms with van der Waals surface area (Å²) in [5.74, 6) is 0. The van der Waals surface area contributed by atoms with E-state index in [1.807, 2.05) is 17.8 Å². The maximum atomic E-state index is 4.33. The minimum absolute atomic E-state index is 1.06. The Labute approximate surface area is 72.2 Å². The molecule has 0 aromatic heterocycles. The molecule has 2 aliphatic heterocycles. The van der Waals surface area contributed by atoms with Crippen LogP contribution < -0.4 is 0 Å². The third-order valence-corrected chi connectivity index (χ3v) is 2.16. The normalized spacial score (nSPS) is 10.8. The van der Waals surface area contributed by atoms with Crippen LogP contribution in [0.3, 0.4) is 0 Å². The molecule has 0 aromatic rings. The first kappa shape index (κ1) is 7.35. The average molecular weight is 160 g/mol. The highest BCUT2D eigenvalue weighted by Gasteiger charge is 2.08. The molecule has 0 aromatic carbocycles. The fourth-order valence-electron chi connectivity index (χ4n) is 1.46. The second kappa shape index (κ2) is 2.63. The molecule has 0 bridgehead atoms. The van der Waals surface area contributed by atoms with Gasteiger partial charge >= 0.3 is 0 Å². The number of hydrogen-bond acceptors (Lipinski definition) is 1. The van der Waals surface area contributed by atoms with Gasteiger partial charge in [0, 0.05) is 31.2 Å². The van der Waals surface area contributed by atoms with Crippen molar-refractivity contribution in [2.75, 3.05) is 0 Å². The van der Waals surface area contributed by atoms with Gasteiger partial charge in [-0.2, -0.15) is 0 Å². The van der Waals surface area contributed by atoms with Crippen LogP contribution in [0.1, 0.15) is 12.5 Å². The van der Waals surface area contributed by atoms with E-state index in [0.29, 0.717) is 0 Å². The van der Waals surface area contributed by atoms with Gasteiger partial charge in [0.05, 0.1) is 5.69 Å². The first-order valence-corrected chi connectivity index (χ1v) is 4.21. The third-order valence-electron chi connectivity index (χ3n) is 2.16. The molecule has 0 saturated carbocycles. The summed E-state index contributed by atoms with van der Waals surface area (Å²) in [5, 5.41) is 0. The van der Waals surface area contributed by atoms with Gasteiger partial charge in [0.1, 0.15) is 0 Å². The van der Waals surface area contributed by atoms with Crippen LogP contribution in [0.25, 0.3) is 11.3 Å². The number of nitrogens with zero attached hydrogens (tertiary/aromatic N) is 2.